The lowest BCUT2D eigenvalue weighted by molar-refractivity contribution is -0.144. The van der Waals surface area contributed by atoms with E-state index in [4.69, 9.17) is 21.5 Å². The topological polar surface area (TPSA) is 170 Å². The highest BCUT2D eigenvalue weighted by atomic mass is 32.2. The van der Waals surface area contributed by atoms with E-state index in [1.807, 2.05) is 6.92 Å². The van der Waals surface area contributed by atoms with E-state index in [-0.39, 0.29) is 31.5 Å². The van der Waals surface area contributed by atoms with Crippen molar-refractivity contribution in [3.8, 4) is 0 Å². The molecule has 3 fully saturated rings. The third-order valence-corrected chi connectivity index (χ3v) is 9.15. The highest BCUT2D eigenvalue weighted by Gasteiger charge is 2.57. The molecule has 0 amide bonds. The van der Waals surface area contributed by atoms with E-state index in [1.54, 1.807) is 0 Å². The lowest BCUT2D eigenvalue weighted by Gasteiger charge is -2.43. The molecule has 0 aromatic heterocycles. The number of hydrogen-bond acceptors (Lipinski definition) is 7. The van der Waals surface area contributed by atoms with Crippen molar-refractivity contribution >= 4 is 23.3 Å². The van der Waals surface area contributed by atoms with Crippen LogP contribution >= 0.6 is 0 Å². The summed E-state index contributed by atoms with van der Waals surface area (Å²) in [6.07, 6.45) is 4.78. The van der Waals surface area contributed by atoms with Crippen LogP contribution in [0.4, 0.5) is 0 Å². The molecule has 0 bridgehead atoms. The number of hydrogen-bond donors (Lipinski definition) is 5. The Morgan fingerprint density at radius 2 is 1.93 bits per heavy atom. The van der Waals surface area contributed by atoms with Crippen LogP contribution in [0.5, 0.6) is 0 Å². The molecule has 3 atom stereocenters. The third-order valence-electron chi connectivity index (χ3n) is 7.07. The molecule has 10 nitrogen and oxygen atoms in total. The van der Waals surface area contributed by atoms with Gasteiger partial charge in [-0.25, -0.2) is 0 Å². The molecule has 7 N–H and O–H groups in total. The first kappa shape index (κ1) is 22.9. The molecule has 0 radical (unpaired) electrons. The average molecular weight is 432 g/mol. The molecule has 29 heavy (non-hydrogen) atoms. The maximum atomic E-state index is 13.6. The predicted octanol–water partition coefficient (Wildman–Crippen LogP) is -1.07. The van der Waals surface area contributed by atoms with Crippen molar-refractivity contribution in [3.63, 3.8) is 0 Å². The molecule has 3 aliphatic rings. The fraction of sp³-hybridized carbons (Fsp3) is 0.941. The maximum absolute atomic E-state index is 13.6. The Labute approximate surface area is 172 Å². The van der Waals surface area contributed by atoms with Crippen molar-refractivity contribution in [2.75, 3.05) is 13.1 Å². The van der Waals surface area contributed by atoms with Gasteiger partial charge in [0.1, 0.15) is 5.54 Å². The minimum atomic E-state index is -3.94. The van der Waals surface area contributed by atoms with Gasteiger partial charge in [-0.15, -0.1) is 0 Å². The first-order valence-electron chi connectivity index (χ1n) is 10.4. The molecular weight excluding hydrogens is 399 g/mol. The van der Waals surface area contributed by atoms with Crippen LogP contribution in [-0.2, 0) is 15.0 Å². The summed E-state index contributed by atoms with van der Waals surface area (Å²) in [5.41, 5.74) is 10.3. The number of nitrogens with zero attached hydrogens (tertiary/aromatic N) is 2. The van der Waals surface area contributed by atoms with Gasteiger partial charge < -0.3 is 26.6 Å². The first-order chi connectivity index (χ1) is 13.4. The Bertz CT molecular complexity index is 729. The highest BCUT2D eigenvalue weighted by Crippen LogP contribution is 2.43. The molecule has 1 aliphatic heterocycles. The summed E-state index contributed by atoms with van der Waals surface area (Å²) in [5, 5.41) is 27.8. The van der Waals surface area contributed by atoms with Crippen LogP contribution in [0.15, 0.2) is 0 Å². The van der Waals surface area contributed by atoms with Gasteiger partial charge in [0.15, 0.2) is 0 Å². The number of rotatable bonds is 10. The summed E-state index contributed by atoms with van der Waals surface area (Å²) in [4.78, 5) is 11.9. The Balaban J connectivity index is 1.82. The molecule has 1 unspecified atom stereocenters. The Kier molecular flexibility index (Phi) is 6.37. The van der Waals surface area contributed by atoms with Gasteiger partial charge in [0.2, 0.25) is 0 Å². The molecule has 0 aromatic rings. The number of nitrogens with two attached hydrogens (primary N) is 2. The van der Waals surface area contributed by atoms with Gasteiger partial charge in [-0.05, 0) is 45.3 Å². The third kappa shape index (κ3) is 4.34. The Morgan fingerprint density at radius 3 is 2.38 bits per heavy atom. The molecular formula is C17H33BN4O6S. The van der Waals surface area contributed by atoms with Crippen molar-refractivity contribution in [1.29, 1.82) is 0 Å². The zero-order chi connectivity index (χ0) is 21.6. The van der Waals surface area contributed by atoms with Crippen LogP contribution in [-0.4, -0.2) is 81.5 Å². The van der Waals surface area contributed by atoms with E-state index in [0.29, 0.717) is 12.8 Å². The number of carboxylic acid groups (broad SMARTS) is 1. The summed E-state index contributed by atoms with van der Waals surface area (Å²) < 4.78 is 29.9. The SMILES string of the molecule is CC(N(C1CCC1)S(=O)(=O)N1C[C@H](CCCB(O)O)[C@](N)(C(=O)O)C1)C1(N)CC1. The van der Waals surface area contributed by atoms with E-state index < -0.39 is 40.3 Å². The lowest BCUT2D eigenvalue weighted by atomic mass is 9.78. The molecule has 166 valence electrons. The van der Waals surface area contributed by atoms with Crippen molar-refractivity contribution in [2.24, 2.45) is 17.4 Å². The molecule has 1 heterocycles. The standard InChI is InChI=1S/C17H33BN4O6S/c1-12(16(19)7-8-16)22(14-5-2-6-14)29(27,28)21-10-13(4-3-9-18(25)26)17(20,11-21)15(23)24/h12-14,25-26H,2-11,19-20H2,1H3,(H,23,24)/t12?,13-,17-/m0/s1. The molecule has 12 heteroatoms. The second kappa shape index (κ2) is 8.06. The van der Waals surface area contributed by atoms with Gasteiger partial charge in [0.05, 0.1) is 0 Å². The monoisotopic (exact) mass is 432 g/mol. The van der Waals surface area contributed by atoms with Gasteiger partial charge in [-0.2, -0.15) is 17.0 Å². The zero-order valence-corrected chi connectivity index (χ0v) is 17.7. The molecule has 2 saturated carbocycles. The number of aliphatic carboxylic acids is 1. The minimum absolute atomic E-state index is 0.000167. The van der Waals surface area contributed by atoms with E-state index in [9.17, 15) is 18.3 Å². The van der Waals surface area contributed by atoms with Crippen molar-refractivity contribution in [1.82, 2.24) is 8.61 Å². The van der Waals surface area contributed by atoms with Crippen LogP contribution in [0.1, 0.15) is 51.9 Å². The molecule has 0 aromatic carbocycles. The molecule has 1 saturated heterocycles. The summed E-state index contributed by atoms with van der Waals surface area (Å²) in [7, 11) is -5.42. The summed E-state index contributed by atoms with van der Waals surface area (Å²) in [6, 6.07) is -0.477. The lowest BCUT2D eigenvalue weighted by Crippen LogP contribution is -2.60. The zero-order valence-electron chi connectivity index (χ0n) is 16.9. The quantitative estimate of drug-likeness (QED) is 0.272. The largest absolute Gasteiger partial charge is 0.480 e. The summed E-state index contributed by atoms with van der Waals surface area (Å²) in [6.45, 7) is 1.54. The normalized spacial score (nSPS) is 30.9. The molecule has 2 aliphatic carbocycles. The Morgan fingerprint density at radius 1 is 1.31 bits per heavy atom. The van der Waals surface area contributed by atoms with Crippen molar-refractivity contribution < 1.29 is 28.4 Å². The predicted molar refractivity (Wildman–Crippen MR) is 108 cm³/mol. The Hall–Kier alpha value is -0.755. The van der Waals surface area contributed by atoms with Crippen LogP contribution in [0.3, 0.4) is 0 Å². The first-order valence-corrected chi connectivity index (χ1v) is 11.8. The van der Waals surface area contributed by atoms with E-state index >= 15 is 0 Å². The van der Waals surface area contributed by atoms with E-state index in [0.717, 1.165) is 32.1 Å². The summed E-state index contributed by atoms with van der Waals surface area (Å²) in [5.74, 6) is -1.86. The highest BCUT2D eigenvalue weighted by molar-refractivity contribution is 7.86. The fourth-order valence-electron chi connectivity index (χ4n) is 4.50. The fourth-order valence-corrected chi connectivity index (χ4v) is 6.71. The minimum Gasteiger partial charge on any atom is -0.480 e. The van der Waals surface area contributed by atoms with Crippen LogP contribution < -0.4 is 11.5 Å². The van der Waals surface area contributed by atoms with Crippen molar-refractivity contribution in [3.05, 3.63) is 0 Å². The van der Waals surface area contributed by atoms with Crippen LogP contribution in [0, 0.1) is 5.92 Å². The number of carboxylic acids is 1. The van der Waals surface area contributed by atoms with E-state index in [2.05, 4.69) is 0 Å². The van der Waals surface area contributed by atoms with Gasteiger partial charge >= 0.3 is 13.1 Å². The van der Waals surface area contributed by atoms with Gasteiger partial charge in [0, 0.05) is 36.6 Å². The van der Waals surface area contributed by atoms with Crippen molar-refractivity contribution in [2.45, 2.75) is 81.4 Å². The van der Waals surface area contributed by atoms with Crippen LogP contribution in [0.2, 0.25) is 6.32 Å². The van der Waals surface area contributed by atoms with Gasteiger partial charge in [-0.3, -0.25) is 4.79 Å². The summed E-state index contributed by atoms with van der Waals surface area (Å²) >= 11 is 0. The second-order valence-electron chi connectivity index (χ2n) is 9.08. The second-order valence-corrected chi connectivity index (χ2v) is 10.9. The molecule has 0 spiro atoms. The molecule has 3 rings (SSSR count). The van der Waals surface area contributed by atoms with Gasteiger partial charge in [0.25, 0.3) is 10.2 Å². The maximum Gasteiger partial charge on any atom is 0.451 e. The number of carbonyl (C=O) groups is 1. The van der Waals surface area contributed by atoms with Gasteiger partial charge in [-0.1, -0.05) is 12.8 Å². The smallest absolute Gasteiger partial charge is 0.451 e. The van der Waals surface area contributed by atoms with E-state index in [1.165, 1.54) is 8.61 Å². The van der Waals surface area contributed by atoms with Crippen LogP contribution in [0.25, 0.3) is 0 Å². The average Bonchev–Trinajstić information content (AvgIpc) is 3.23.